The Bertz CT molecular complexity index is 692. The zero-order chi connectivity index (χ0) is 15.0. The van der Waals surface area contributed by atoms with Crippen molar-refractivity contribution in [1.29, 1.82) is 0 Å². The van der Waals surface area contributed by atoms with Gasteiger partial charge in [0.15, 0.2) is 9.84 Å². The van der Waals surface area contributed by atoms with Gasteiger partial charge >= 0.3 is 0 Å². The Hall–Kier alpha value is -1.73. The third-order valence-electron chi connectivity index (χ3n) is 3.60. The Kier molecular flexibility index (Phi) is 3.66. The van der Waals surface area contributed by atoms with Gasteiger partial charge in [0, 0.05) is 6.26 Å². The second kappa shape index (κ2) is 4.99. The maximum atomic E-state index is 11.9. The van der Waals surface area contributed by atoms with Crippen molar-refractivity contribution in [2.45, 2.75) is 24.6 Å². The summed E-state index contributed by atoms with van der Waals surface area (Å²) in [4.78, 5) is 0. The SMILES string of the molecule is CC(C)(C(N)c1cnnn1-c1ccccc1)S(C)(=O)=O. The van der Waals surface area contributed by atoms with Crippen molar-refractivity contribution in [2.75, 3.05) is 6.26 Å². The number of benzene rings is 1. The monoisotopic (exact) mass is 294 g/mol. The Morgan fingerprint density at radius 2 is 1.85 bits per heavy atom. The van der Waals surface area contributed by atoms with Crippen LogP contribution in [0, 0.1) is 0 Å². The van der Waals surface area contributed by atoms with Gasteiger partial charge in [-0.15, -0.1) is 5.10 Å². The van der Waals surface area contributed by atoms with Gasteiger partial charge in [-0.3, -0.25) is 0 Å². The second-order valence-corrected chi connectivity index (χ2v) is 7.86. The summed E-state index contributed by atoms with van der Waals surface area (Å²) < 4.78 is 24.3. The van der Waals surface area contributed by atoms with Crippen molar-refractivity contribution in [3.8, 4) is 5.69 Å². The van der Waals surface area contributed by atoms with Gasteiger partial charge in [0.1, 0.15) is 0 Å². The van der Waals surface area contributed by atoms with Crippen molar-refractivity contribution >= 4 is 9.84 Å². The van der Waals surface area contributed by atoms with E-state index in [0.717, 1.165) is 5.69 Å². The lowest BCUT2D eigenvalue weighted by molar-refractivity contribution is 0.482. The van der Waals surface area contributed by atoms with E-state index in [1.165, 1.54) is 12.5 Å². The largest absolute Gasteiger partial charge is 0.321 e. The molecule has 0 fully saturated rings. The Balaban J connectivity index is 2.49. The molecule has 0 amide bonds. The first-order valence-corrected chi connectivity index (χ1v) is 8.05. The van der Waals surface area contributed by atoms with Gasteiger partial charge in [0.05, 0.1) is 28.4 Å². The molecule has 0 bridgehead atoms. The van der Waals surface area contributed by atoms with Gasteiger partial charge in [-0.25, -0.2) is 13.1 Å². The van der Waals surface area contributed by atoms with Crippen LogP contribution in [0.2, 0.25) is 0 Å². The van der Waals surface area contributed by atoms with Gasteiger partial charge in [-0.1, -0.05) is 23.4 Å². The molecule has 0 aliphatic rings. The predicted octanol–water partition coefficient (Wildman–Crippen LogP) is 1.09. The molecule has 2 aromatic rings. The number of aromatic nitrogens is 3. The third-order valence-corrected chi connectivity index (χ3v) is 5.76. The molecule has 0 saturated heterocycles. The Morgan fingerprint density at radius 1 is 1.25 bits per heavy atom. The predicted molar refractivity (Wildman–Crippen MR) is 77.2 cm³/mol. The van der Waals surface area contributed by atoms with Gasteiger partial charge in [-0.05, 0) is 26.0 Å². The maximum absolute atomic E-state index is 11.9. The molecule has 1 aromatic carbocycles. The zero-order valence-corrected chi connectivity index (χ0v) is 12.5. The number of hydrogen-bond donors (Lipinski definition) is 1. The van der Waals surface area contributed by atoms with E-state index in [4.69, 9.17) is 5.73 Å². The summed E-state index contributed by atoms with van der Waals surface area (Å²) in [6.07, 6.45) is 2.69. The fourth-order valence-electron chi connectivity index (χ4n) is 1.81. The highest BCUT2D eigenvalue weighted by atomic mass is 32.2. The van der Waals surface area contributed by atoms with Crippen LogP contribution in [-0.4, -0.2) is 34.4 Å². The Morgan fingerprint density at radius 3 is 2.40 bits per heavy atom. The summed E-state index contributed by atoms with van der Waals surface area (Å²) in [7, 11) is -3.32. The first-order valence-electron chi connectivity index (χ1n) is 6.16. The molecule has 1 atom stereocenters. The van der Waals surface area contributed by atoms with Crippen LogP contribution in [0.1, 0.15) is 25.6 Å². The number of para-hydroxylation sites is 1. The summed E-state index contributed by atoms with van der Waals surface area (Å²) in [5.74, 6) is 0. The standard InChI is InChI=1S/C13H18N4O2S/c1-13(2,20(3,18)19)12(14)11-9-15-16-17(11)10-7-5-4-6-8-10/h4-9,12H,14H2,1-3H3. The molecule has 0 saturated carbocycles. The van der Waals surface area contributed by atoms with Crippen molar-refractivity contribution in [2.24, 2.45) is 5.73 Å². The normalized spacial score (nSPS) is 14.2. The molecule has 2 N–H and O–H groups in total. The van der Waals surface area contributed by atoms with Crippen LogP contribution in [0.15, 0.2) is 36.5 Å². The number of nitrogens with zero attached hydrogens (tertiary/aromatic N) is 3. The summed E-state index contributed by atoms with van der Waals surface area (Å²) in [5.41, 5.74) is 7.51. The number of sulfone groups is 1. The van der Waals surface area contributed by atoms with Gasteiger partial charge in [0.2, 0.25) is 0 Å². The molecule has 0 spiro atoms. The number of nitrogens with two attached hydrogens (primary N) is 1. The molecular formula is C13H18N4O2S. The van der Waals surface area contributed by atoms with E-state index in [2.05, 4.69) is 10.3 Å². The summed E-state index contributed by atoms with van der Waals surface area (Å²) in [6, 6.07) is 8.62. The highest BCUT2D eigenvalue weighted by Gasteiger charge is 2.39. The van der Waals surface area contributed by atoms with Crippen molar-refractivity contribution in [3.05, 3.63) is 42.2 Å². The van der Waals surface area contributed by atoms with Gasteiger partial charge < -0.3 is 5.73 Å². The first kappa shape index (κ1) is 14.7. The number of hydrogen-bond acceptors (Lipinski definition) is 5. The van der Waals surface area contributed by atoms with Crippen LogP contribution in [0.3, 0.4) is 0 Å². The van der Waals surface area contributed by atoms with E-state index in [0.29, 0.717) is 5.69 Å². The molecule has 108 valence electrons. The topological polar surface area (TPSA) is 90.9 Å². The highest BCUT2D eigenvalue weighted by Crippen LogP contribution is 2.30. The molecule has 1 unspecified atom stereocenters. The third kappa shape index (κ3) is 2.46. The molecular weight excluding hydrogens is 276 g/mol. The fourth-order valence-corrected chi connectivity index (χ4v) is 2.39. The van der Waals surface area contributed by atoms with Crippen LogP contribution in [0.4, 0.5) is 0 Å². The zero-order valence-electron chi connectivity index (χ0n) is 11.7. The van der Waals surface area contributed by atoms with E-state index in [1.54, 1.807) is 18.5 Å². The Labute approximate surface area is 118 Å². The fraction of sp³-hybridized carbons (Fsp3) is 0.385. The summed E-state index contributed by atoms with van der Waals surface area (Å²) in [5, 5.41) is 7.85. The molecule has 0 radical (unpaired) electrons. The van der Waals surface area contributed by atoms with E-state index in [1.807, 2.05) is 30.3 Å². The van der Waals surface area contributed by atoms with E-state index in [9.17, 15) is 8.42 Å². The minimum absolute atomic E-state index is 0.562. The molecule has 6 nitrogen and oxygen atoms in total. The maximum Gasteiger partial charge on any atom is 0.154 e. The van der Waals surface area contributed by atoms with Crippen LogP contribution in [0.25, 0.3) is 5.69 Å². The molecule has 2 rings (SSSR count). The summed E-state index contributed by atoms with van der Waals surface area (Å²) >= 11 is 0. The molecule has 0 aliphatic heterocycles. The van der Waals surface area contributed by atoms with Crippen LogP contribution < -0.4 is 5.73 Å². The molecule has 0 aliphatic carbocycles. The summed E-state index contributed by atoms with van der Waals surface area (Å²) in [6.45, 7) is 3.21. The van der Waals surface area contributed by atoms with Crippen molar-refractivity contribution in [1.82, 2.24) is 15.0 Å². The van der Waals surface area contributed by atoms with Gasteiger partial charge in [0.25, 0.3) is 0 Å². The van der Waals surface area contributed by atoms with Crippen LogP contribution >= 0.6 is 0 Å². The van der Waals surface area contributed by atoms with Crippen LogP contribution in [-0.2, 0) is 9.84 Å². The molecule has 1 heterocycles. The van der Waals surface area contributed by atoms with E-state index >= 15 is 0 Å². The van der Waals surface area contributed by atoms with Crippen molar-refractivity contribution in [3.63, 3.8) is 0 Å². The minimum Gasteiger partial charge on any atom is -0.321 e. The number of rotatable bonds is 4. The smallest absolute Gasteiger partial charge is 0.154 e. The molecule has 1 aromatic heterocycles. The van der Waals surface area contributed by atoms with E-state index in [-0.39, 0.29) is 0 Å². The van der Waals surface area contributed by atoms with Crippen molar-refractivity contribution < 1.29 is 8.42 Å². The highest BCUT2D eigenvalue weighted by molar-refractivity contribution is 7.92. The van der Waals surface area contributed by atoms with Gasteiger partial charge in [-0.2, -0.15) is 0 Å². The lowest BCUT2D eigenvalue weighted by atomic mass is 10.0. The molecule has 20 heavy (non-hydrogen) atoms. The second-order valence-electron chi connectivity index (χ2n) is 5.26. The van der Waals surface area contributed by atoms with E-state index < -0.39 is 20.6 Å². The average molecular weight is 294 g/mol. The lowest BCUT2D eigenvalue weighted by Crippen LogP contribution is -2.43. The average Bonchev–Trinajstić information content (AvgIpc) is 2.86. The quantitative estimate of drug-likeness (QED) is 0.911. The molecule has 7 heteroatoms. The minimum atomic E-state index is -3.32. The lowest BCUT2D eigenvalue weighted by Gasteiger charge is -2.29. The van der Waals surface area contributed by atoms with Crippen LogP contribution in [0.5, 0.6) is 0 Å². The first-order chi connectivity index (χ1) is 9.25.